The fourth-order valence-electron chi connectivity index (χ4n) is 2.77. The third kappa shape index (κ3) is 5.01. The van der Waals surface area contributed by atoms with E-state index in [1.54, 1.807) is 25.1 Å². The Hall–Kier alpha value is -2.84. The Bertz CT molecular complexity index is 946. The molecule has 0 saturated heterocycles. The summed E-state index contributed by atoms with van der Waals surface area (Å²) in [4.78, 5) is 26.2. The standard InChI is InChI=1S/C21H19F6NO2/c1-11-5-6-14(7-12(11)2)18(29)13(3)28(4)19(30)15-8-16(20(22,23)24)10-17(9-15)21(25,26)27/h5-10,13H,1-4H3. The van der Waals surface area contributed by atoms with Gasteiger partial charge >= 0.3 is 12.4 Å². The molecule has 1 amide bonds. The predicted octanol–water partition coefficient (Wildman–Crippen LogP) is 5.68. The van der Waals surface area contributed by atoms with Gasteiger partial charge in [-0.1, -0.05) is 12.1 Å². The molecule has 1 unspecified atom stereocenters. The van der Waals surface area contributed by atoms with Crippen molar-refractivity contribution in [2.24, 2.45) is 0 Å². The summed E-state index contributed by atoms with van der Waals surface area (Å²) in [5, 5.41) is 0. The SMILES string of the molecule is Cc1ccc(C(=O)C(C)N(C)C(=O)c2cc(C(F)(F)F)cc(C(F)(F)F)c2)cc1C. The number of benzene rings is 2. The third-order valence-corrected chi connectivity index (χ3v) is 4.91. The van der Waals surface area contributed by atoms with E-state index in [9.17, 15) is 35.9 Å². The van der Waals surface area contributed by atoms with Gasteiger partial charge in [0, 0.05) is 18.2 Å². The Morgan fingerprint density at radius 2 is 1.30 bits per heavy atom. The second-order valence-electron chi connectivity index (χ2n) is 7.05. The maximum absolute atomic E-state index is 13.0. The number of nitrogens with zero attached hydrogens (tertiary/aromatic N) is 1. The lowest BCUT2D eigenvalue weighted by Crippen LogP contribution is -2.40. The van der Waals surface area contributed by atoms with Crippen LogP contribution in [0.25, 0.3) is 0 Å². The number of halogens is 6. The smallest absolute Gasteiger partial charge is 0.332 e. The van der Waals surface area contributed by atoms with Crippen LogP contribution in [0.5, 0.6) is 0 Å². The van der Waals surface area contributed by atoms with Crippen molar-refractivity contribution in [3.63, 3.8) is 0 Å². The van der Waals surface area contributed by atoms with Crippen LogP contribution in [-0.2, 0) is 12.4 Å². The topological polar surface area (TPSA) is 37.4 Å². The van der Waals surface area contributed by atoms with Crippen molar-refractivity contribution in [1.82, 2.24) is 4.90 Å². The van der Waals surface area contributed by atoms with Gasteiger partial charge in [0.1, 0.15) is 0 Å². The summed E-state index contributed by atoms with van der Waals surface area (Å²) in [6, 6.07) is 4.40. The second-order valence-corrected chi connectivity index (χ2v) is 7.05. The van der Waals surface area contributed by atoms with Gasteiger partial charge in [0.15, 0.2) is 5.78 Å². The minimum absolute atomic E-state index is 0.0551. The van der Waals surface area contributed by atoms with Crippen molar-refractivity contribution in [2.75, 3.05) is 7.05 Å². The number of rotatable bonds is 4. The number of ketones is 1. The number of alkyl halides is 6. The number of likely N-dealkylation sites (N-methyl/N-ethyl adjacent to an activating group) is 1. The molecule has 0 aromatic heterocycles. The van der Waals surface area contributed by atoms with Crippen LogP contribution in [0.15, 0.2) is 36.4 Å². The first-order valence-electron chi connectivity index (χ1n) is 8.81. The van der Waals surface area contributed by atoms with Crippen LogP contribution in [0, 0.1) is 13.8 Å². The molecule has 2 aromatic carbocycles. The lowest BCUT2D eigenvalue weighted by Gasteiger charge is -2.25. The number of carbonyl (C=O) groups excluding carboxylic acids is 2. The summed E-state index contributed by atoms with van der Waals surface area (Å²) in [6.07, 6.45) is -10.1. The summed E-state index contributed by atoms with van der Waals surface area (Å²) in [6.45, 7) is 4.98. The van der Waals surface area contributed by atoms with Crippen LogP contribution in [0.3, 0.4) is 0 Å². The van der Waals surface area contributed by atoms with E-state index in [2.05, 4.69) is 0 Å². The Balaban J connectivity index is 2.40. The largest absolute Gasteiger partial charge is 0.416 e. The average Bonchev–Trinajstić information content (AvgIpc) is 2.66. The summed E-state index contributed by atoms with van der Waals surface area (Å²) in [7, 11) is 1.15. The highest BCUT2D eigenvalue weighted by molar-refractivity contribution is 6.04. The fourth-order valence-corrected chi connectivity index (χ4v) is 2.77. The number of hydrogen-bond donors (Lipinski definition) is 0. The quantitative estimate of drug-likeness (QED) is 0.461. The Morgan fingerprint density at radius 3 is 1.73 bits per heavy atom. The van der Waals surface area contributed by atoms with Crippen molar-refractivity contribution in [2.45, 2.75) is 39.2 Å². The van der Waals surface area contributed by atoms with Gasteiger partial charge in [0.05, 0.1) is 17.2 Å². The molecule has 0 heterocycles. The van der Waals surface area contributed by atoms with E-state index in [0.717, 1.165) is 23.1 Å². The Morgan fingerprint density at radius 1 is 0.800 bits per heavy atom. The van der Waals surface area contributed by atoms with Gasteiger partial charge in [-0.05, 0) is 56.2 Å². The molecule has 0 saturated carbocycles. The number of aryl methyl sites for hydroxylation is 2. The highest BCUT2D eigenvalue weighted by atomic mass is 19.4. The van der Waals surface area contributed by atoms with Crippen molar-refractivity contribution < 1.29 is 35.9 Å². The predicted molar refractivity (Wildman–Crippen MR) is 98.2 cm³/mol. The van der Waals surface area contributed by atoms with E-state index in [1.807, 2.05) is 6.92 Å². The summed E-state index contributed by atoms with van der Waals surface area (Å²) in [5.41, 5.74) is -1.95. The molecule has 9 heteroatoms. The zero-order valence-corrected chi connectivity index (χ0v) is 16.6. The third-order valence-electron chi connectivity index (χ3n) is 4.91. The van der Waals surface area contributed by atoms with E-state index < -0.39 is 46.8 Å². The summed E-state index contributed by atoms with van der Waals surface area (Å²) < 4.78 is 78.2. The zero-order valence-electron chi connectivity index (χ0n) is 16.6. The van der Waals surface area contributed by atoms with Crippen molar-refractivity contribution in [3.8, 4) is 0 Å². The molecule has 0 aliphatic rings. The molecule has 0 N–H and O–H groups in total. The Labute approximate surface area is 169 Å². The normalized spacial score (nSPS) is 13.1. The van der Waals surface area contributed by atoms with Gasteiger partial charge in [-0.2, -0.15) is 26.3 Å². The van der Waals surface area contributed by atoms with Crippen LogP contribution >= 0.6 is 0 Å². The first-order chi connectivity index (χ1) is 13.6. The first kappa shape index (κ1) is 23.4. The molecule has 0 fully saturated rings. The van der Waals surface area contributed by atoms with E-state index >= 15 is 0 Å². The van der Waals surface area contributed by atoms with Gasteiger partial charge in [-0.15, -0.1) is 0 Å². The molecule has 30 heavy (non-hydrogen) atoms. The molecule has 3 nitrogen and oxygen atoms in total. The van der Waals surface area contributed by atoms with Crippen LogP contribution in [0.2, 0.25) is 0 Å². The number of amides is 1. The molecule has 2 aromatic rings. The second kappa shape index (κ2) is 8.12. The maximum atomic E-state index is 13.0. The molecular weight excluding hydrogens is 412 g/mol. The van der Waals surface area contributed by atoms with E-state index in [1.165, 1.54) is 6.92 Å². The molecule has 0 aliphatic carbocycles. The van der Waals surface area contributed by atoms with E-state index in [-0.39, 0.29) is 11.6 Å². The zero-order chi connectivity index (χ0) is 23.0. The van der Waals surface area contributed by atoms with Gasteiger partial charge in [0.2, 0.25) is 0 Å². The van der Waals surface area contributed by atoms with E-state index in [0.29, 0.717) is 12.1 Å². The average molecular weight is 431 g/mol. The van der Waals surface area contributed by atoms with Gasteiger partial charge in [0.25, 0.3) is 5.91 Å². The molecule has 162 valence electrons. The van der Waals surface area contributed by atoms with Crippen LogP contribution < -0.4 is 0 Å². The number of carbonyl (C=O) groups is 2. The highest BCUT2D eigenvalue weighted by Crippen LogP contribution is 2.36. The molecule has 2 rings (SSSR count). The Kier molecular flexibility index (Phi) is 6.34. The lowest BCUT2D eigenvalue weighted by molar-refractivity contribution is -0.143. The molecular formula is C21H19F6NO2. The fraction of sp³-hybridized carbons (Fsp3) is 0.333. The van der Waals surface area contributed by atoms with Crippen LogP contribution in [0.1, 0.15) is 49.9 Å². The first-order valence-corrected chi connectivity index (χ1v) is 8.81. The minimum Gasteiger partial charge on any atom is -0.332 e. The molecule has 0 radical (unpaired) electrons. The maximum Gasteiger partial charge on any atom is 0.416 e. The van der Waals surface area contributed by atoms with Crippen molar-refractivity contribution >= 4 is 11.7 Å². The van der Waals surface area contributed by atoms with E-state index in [4.69, 9.17) is 0 Å². The van der Waals surface area contributed by atoms with Crippen LogP contribution in [-0.4, -0.2) is 29.7 Å². The molecule has 0 spiro atoms. The van der Waals surface area contributed by atoms with Gasteiger partial charge < -0.3 is 4.90 Å². The van der Waals surface area contributed by atoms with Crippen molar-refractivity contribution in [3.05, 3.63) is 69.8 Å². The minimum atomic E-state index is -5.07. The molecule has 1 atom stereocenters. The number of Topliss-reactive ketones (excluding diaryl/α,β-unsaturated/α-hetero) is 1. The highest BCUT2D eigenvalue weighted by Gasteiger charge is 2.38. The summed E-state index contributed by atoms with van der Waals surface area (Å²) in [5.74, 6) is -1.62. The molecule has 0 bridgehead atoms. The van der Waals surface area contributed by atoms with Gasteiger partial charge in [-0.3, -0.25) is 9.59 Å². The van der Waals surface area contributed by atoms with Gasteiger partial charge in [-0.25, -0.2) is 0 Å². The van der Waals surface area contributed by atoms with Crippen LogP contribution in [0.4, 0.5) is 26.3 Å². The lowest BCUT2D eigenvalue weighted by atomic mass is 9.99. The van der Waals surface area contributed by atoms with Crippen molar-refractivity contribution in [1.29, 1.82) is 0 Å². The summed E-state index contributed by atoms with van der Waals surface area (Å²) >= 11 is 0. The number of hydrogen-bond acceptors (Lipinski definition) is 2. The monoisotopic (exact) mass is 431 g/mol. The molecule has 0 aliphatic heterocycles.